The first kappa shape index (κ1) is 16.6. The van der Waals surface area contributed by atoms with Gasteiger partial charge in [0.15, 0.2) is 0 Å². The molecule has 0 radical (unpaired) electrons. The number of aryl methyl sites for hydroxylation is 1. The van der Waals surface area contributed by atoms with Gasteiger partial charge in [-0.25, -0.2) is 0 Å². The standard InChI is InChI=1S/C17H21N3O4/c1-13-18-19-17(24-13)15-11-23-10-8-20(15)16(21)12-22-9-7-14-5-3-2-4-6-14/h2-6,15H,7-12H2,1H3. The van der Waals surface area contributed by atoms with Gasteiger partial charge in [-0.15, -0.1) is 10.2 Å². The van der Waals surface area contributed by atoms with Gasteiger partial charge in [-0.2, -0.15) is 0 Å². The van der Waals surface area contributed by atoms with E-state index in [2.05, 4.69) is 10.2 Å². The lowest BCUT2D eigenvalue weighted by atomic mass is 10.2. The van der Waals surface area contributed by atoms with E-state index >= 15 is 0 Å². The van der Waals surface area contributed by atoms with E-state index in [1.54, 1.807) is 11.8 Å². The molecule has 7 nitrogen and oxygen atoms in total. The summed E-state index contributed by atoms with van der Waals surface area (Å²) in [5.74, 6) is 0.791. The van der Waals surface area contributed by atoms with Crippen LogP contribution < -0.4 is 0 Å². The van der Waals surface area contributed by atoms with Gasteiger partial charge in [0.25, 0.3) is 0 Å². The zero-order valence-corrected chi connectivity index (χ0v) is 13.7. The number of carbonyl (C=O) groups excluding carboxylic acids is 1. The van der Waals surface area contributed by atoms with Gasteiger partial charge in [-0.1, -0.05) is 30.3 Å². The second-order valence-electron chi connectivity index (χ2n) is 5.63. The van der Waals surface area contributed by atoms with Crippen molar-refractivity contribution in [1.29, 1.82) is 0 Å². The van der Waals surface area contributed by atoms with E-state index in [4.69, 9.17) is 13.9 Å². The summed E-state index contributed by atoms with van der Waals surface area (Å²) in [7, 11) is 0. The first-order valence-electron chi connectivity index (χ1n) is 8.03. The van der Waals surface area contributed by atoms with Gasteiger partial charge in [0.05, 0.1) is 19.8 Å². The van der Waals surface area contributed by atoms with Crippen molar-refractivity contribution in [2.24, 2.45) is 0 Å². The number of amides is 1. The van der Waals surface area contributed by atoms with Gasteiger partial charge in [0, 0.05) is 13.5 Å². The number of hydrogen-bond acceptors (Lipinski definition) is 6. The maximum Gasteiger partial charge on any atom is 0.249 e. The van der Waals surface area contributed by atoms with Crippen LogP contribution in [0.15, 0.2) is 34.7 Å². The summed E-state index contributed by atoms with van der Waals surface area (Å²) in [6, 6.07) is 9.70. The topological polar surface area (TPSA) is 77.7 Å². The van der Waals surface area contributed by atoms with Crippen LogP contribution in [0, 0.1) is 6.92 Å². The number of ether oxygens (including phenoxy) is 2. The molecule has 0 N–H and O–H groups in total. The fourth-order valence-corrected chi connectivity index (χ4v) is 2.63. The van der Waals surface area contributed by atoms with Crippen LogP contribution in [0.4, 0.5) is 0 Å². The Bertz CT molecular complexity index is 659. The Morgan fingerprint density at radius 1 is 1.33 bits per heavy atom. The van der Waals surface area contributed by atoms with Gasteiger partial charge in [-0.05, 0) is 12.0 Å². The Hall–Kier alpha value is -2.25. The summed E-state index contributed by atoms with van der Waals surface area (Å²) in [5, 5.41) is 7.83. The summed E-state index contributed by atoms with van der Waals surface area (Å²) < 4.78 is 16.4. The number of carbonyl (C=O) groups is 1. The Morgan fingerprint density at radius 2 is 2.17 bits per heavy atom. The molecule has 1 atom stereocenters. The van der Waals surface area contributed by atoms with Gasteiger partial charge < -0.3 is 18.8 Å². The molecule has 0 spiro atoms. The molecular formula is C17H21N3O4. The van der Waals surface area contributed by atoms with Crippen molar-refractivity contribution in [2.75, 3.05) is 33.0 Å². The molecule has 1 aliphatic heterocycles. The second-order valence-corrected chi connectivity index (χ2v) is 5.63. The van der Waals surface area contributed by atoms with E-state index in [1.807, 2.05) is 30.3 Å². The summed E-state index contributed by atoms with van der Waals surface area (Å²) >= 11 is 0. The predicted molar refractivity (Wildman–Crippen MR) is 85.3 cm³/mol. The summed E-state index contributed by atoms with van der Waals surface area (Å²) in [4.78, 5) is 14.1. The van der Waals surface area contributed by atoms with E-state index in [0.29, 0.717) is 38.1 Å². The van der Waals surface area contributed by atoms with Crippen LogP contribution in [0.5, 0.6) is 0 Å². The monoisotopic (exact) mass is 331 g/mol. The average Bonchev–Trinajstić information content (AvgIpc) is 3.06. The second kappa shape index (κ2) is 8.03. The highest BCUT2D eigenvalue weighted by atomic mass is 16.5. The molecule has 1 aromatic heterocycles. The predicted octanol–water partition coefficient (Wildman–Crippen LogP) is 1.54. The molecule has 0 bridgehead atoms. The molecular weight excluding hydrogens is 310 g/mol. The van der Waals surface area contributed by atoms with E-state index in [0.717, 1.165) is 6.42 Å². The van der Waals surface area contributed by atoms with Crippen molar-refractivity contribution in [3.63, 3.8) is 0 Å². The minimum absolute atomic E-state index is 0.0381. The highest BCUT2D eigenvalue weighted by Gasteiger charge is 2.32. The fourth-order valence-electron chi connectivity index (χ4n) is 2.63. The van der Waals surface area contributed by atoms with Crippen LogP contribution in [0.3, 0.4) is 0 Å². The van der Waals surface area contributed by atoms with Crippen molar-refractivity contribution in [3.8, 4) is 0 Å². The minimum atomic E-state index is -0.342. The quantitative estimate of drug-likeness (QED) is 0.747. The maximum atomic E-state index is 12.5. The van der Waals surface area contributed by atoms with Crippen LogP contribution in [-0.4, -0.2) is 54.0 Å². The molecule has 1 saturated heterocycles. The number of rotatable bonds is 6. The van der Waals surface area contributed by atoms with Crippen LogP contribution in [0.1, 0.15) is 23.4 Å². The number of aromatic nitrogens is 2. The molecule has 1 unspecified atom stereocenters. The van der Waals surface area contributed by atoms with Crippen molar-refractivity contribution in [2.45, 2.75) is 19.4 Å². The average molecular weight is 331 g/mol. The molecule has 2 aromatic rings. The summed E-state index contributed by atoms with van der Waals surface area (Å²) in [6.45, 7) is 3.61. The first-order chi connectivity index (χ1) is 11.7. The normalized spacial score (nSPS) is 17.9. The van der Waals surface area contributed by atoms with Crippen LogP contribution in [-0.2, 0) is 20.7 Å². The largest absolute Gasteiger partial charge is 0.423 e. The van der Waals surface area contributed by atoms with Crippen LogP contribution in [0.2, 0.25) is 0 Å². The van der Waals surface area contributed by atoms with Crippen molar-refractivity contribution >= 4 is 5.91 Å². The lowest BCUT2D eigenvalue weighted by molar-refractivity contribution is -0.146. The lowest BCUT2D eigenvalue weighted by Crippen LogP contribution is -2.45. The molecule has 0 saturated carbocycles. The van der Waals surface area contributed by atoms with Crippen molar-refractivity contribution < 1.29 is 18.7 Å². The third-order valence-electron chi connectivity index (χ3n) is 3.88. The van der Waals surface area contributed by atoms with Gasteiger partial charge in [0.1, 0.15) is 12.6 Å². The maximum absolute atomic E-state index is 12.5. The van der Waals surface area contributed by atoms with Crippen LogP contribution >= 0.6 is 0 Å². The smallest absolute Gasteiger partial charge is 0.249 e. The highest BCUT2D eigenvalue weighted by Crippen LogP contribution is 2.23. The summed E-state index contributed by atoms with van der Waals surface area (Å²) in [6.07, 6.45) is 0.781. The fraction of sp³-hybridized carbons (Fsp3) is 0.471. The Morgan fingerprint density at radius 3 is 2.92 bits per heavy atom. The molecule has 24 heavy (non-hydrogen) atoms. The lowest BCUT2D eigenvalue weighted by Gasteiger charge is -2.33. The molecule has 0 aliphatic carbocycles. The molecule has 1 aromatic carbocycles. The van der Waals surface area contributed by atoms with Crippen LogP contribution in [0.25, 0.3) is 0 Å². The Kier molecular flexibility index (Phi) is 5.55. The molecule has 1 fully saturated rings. The van der Waals surface area contributed by atoms with E-state index < -0.39 is 0 Å². The first-order valence-corrected chi connectivity index (χ1v) is 8.03. The SMILES string of the molecule is Cc1nnc(C2COCCN2C(=O)COCCc2ccccc2)o1. The Balaban J connectivity index is 1.51. The number of hydrogen-bond donors (Lipinski definition) is 0. The zero-order chi connectivity index (χ0) is 16.8. The zero-order valence-electron chi connectivity index (χ0n) is 13.7. The molecule has 1 amide bonds. The van der Waals surface area contributed by atoms with Gasteiger partial charge in [0.2, 0.25) is 17.7 Å². The third-order valence-corrected chi connectivity index (χ3v) is 3.88. The third kappa shape index (κ3) is 4.18. The van der Waals surface area contributed by atoms with E-state index in [9.17, 15) is 4.79 Å². The molecule has 2 heterocycles. The van der Waals surface area contributed by atoms with E-state index in [-0.39, 0.29) is 18.6 Å². The molecule has 1 aliphatic rings. The van der Waals surface area contributed by atoms with E-state index in [1.165, 1.54) is 5.56 Å². The number of benzene rings is 1. The summed E-state index contributed by atoms with van der Waals surface area (Å²) in [5.41, 5.74) is 1.19. The highest BCUT2D eigenvalue weighted by molar-refractivity contribution is 5.78. The molecule has 128 valence electrons. The number of nitrogens with zero attached hydrogens (tertiary/aromatic N) is 3. The molecule has 3 rings (SSSR count). The molecule has 7 heteroatoms. The van der Waals surface area contributed by atoms with Gasteiger partial charge >= 0.3 is 0 Å². The van der Waals surface area contributed by atoms with Crippen molar-refractivity contribution in [1.82, 2.24) is 15.1 Å². The van der Waals surface area contributed by atoms with Gasteiger partial charge in [-0.3, -0.25) is 4.79 Å². The minimum Gasteiger partial charge on any atom is -0.423 e. The number of morpholine rings is 1. The Labute approximate surface area is 140 Å². The van der Waals surface area contributed by atoms with Crippen molar-refractivity contribution in [3.05, 3.63) is 47.7 Å².